The van der Waals surface area contributed by atoms with Crippen LogP contribution in [0, 0.1) is 5.82 Å². The van der Waals surface area contributed by atoms with Crippen LogP contribution in [-0.2, 0) is 30.5 Å². The zero-order valence-corrected chi connectivity index (χ0v) is 22.1. The standard InChI is InChI=1S/C27H26F4N6O2S/c28-20-7-3-6-19(15-20)17-24(38)33-26-37-36-25(40-26)10-2-1-8-21-11-12-23(35-34-21)32-14-13-18-5-4-9-22(16-18)39-27(29,30)31/h3-7,9,11-12,15-16H,1-2,8,10,13-14,17H2,(H,32,35)(H,33,37,38). The maximum absolute atomic E-state index is 13.3. The van der Waals surface area contributed by atoms with Gasteiger partial charge in [-0.05, 0) is 73.2 Å². The van der Waals surface area contributed by atoms with Gasteiger partial charge in [0.2, 0.25) is 11.0 Å². The molecule has 2 aromatic carbocycles. The summed E-state index contributed by atoms with van der Waals surface area (Å²) in [4.78, 5) is 12.2. The molecular weight excluding hydrogens is 548 g/mol. The van der Waals surface area contributed by atoms with Crippen molar-refractivity contribution in [1.29, 1.82) is 0 Å². The van der Waals surface area contributed by atoms with Crippen molar-refractivity contribution in [1.82, 2.24) is 20.4 Å². The van der Waals surface area contributed by atoms with E-state index in [2.05, 4.69) is 35.8 Å². The molecule has 8 nitrogen and oxygen atoms in total. The Labute approximate surface area is 231 Å². The molecule has 13 heteroatoms. The van der Waals surface area contributed by atoms with E-state index in [4.69, 9.17) is 0 Å². The highest BCUT2D eigenvalue weighted by Crippen LogP contribution is 2.23. The predicted molar refractivity (Wildman–Crippen MR) is 143 cm³/mol. The molecule has 2 N–H and O–H groups in total. The van der Waals surface area contributed by atoms with Crippen LogP contribution < -0.4 is 15.4 Å². The third kappa shape index (κ3) is 9.88. The number of amides is 1. The van der Waals surface area contributed by atoms with Gasteiger partial charge in [-0.25, -0.2) is 4.39 Å². The molecule has 0 aliphatic carbocycles. The molecule has 0 atom stereocenters. The minimum absolute atomic E-state index is 0.0523. The maximum atomic E-state index is 13.3. The Morgan fingerprint density at radius 2 is 1.68 bits per heavy atom. The fourth-order valence-electron chi connectivity index (χ4n) is 3.80. The lowest BCUT2D eigenvalue weighted by Gasteiger charge is -2.10. The van der Waals surface area contributed by atoms with Crippen molar-refractivity contribution < 1.29 is 27.1 Å². The number of carbonyl (C=O) groups excluding carboxylic acids is 1. The van der Waals surface area contributed by atoms with Gasteiger partial charge in [-0.3, -0.25) is 4.79 Å². The van der Waals surface area contributed by atoms with Crippen LogP contribution in [0.5, 0.6) is 5.75 Å². The SMILES string of the molecule is O=C(Cc1cccc(F)c1)Nc1nnc(CCCCc2ccc(NCCc3cccc(OC(F)(F)F)c3)nn2)s1. The van der Waals surface area contributed by atoms with Crippen LogP contribution in [0.3, 0.4) is 0 Å². The van der Waals surface area contributed by atoms with E-state index in [1.54, 1.807) is 18.2 Å². The number of hydrogen-bond donors (Lipinski definition) is 2. The molecule has 0 fully saturated rings. The average Bonchev–Trinajstić information content (AvgIpc) is 3.33. The smallest absolute Gasteiger partial charge is 0.406 e. The second-order valence-electron chi connectivity index (χ2n) is 8.84. The van der Waals surface area contributed by atoms with Crippen molar-refractivity contribution in [3.8, 4) is 5.75 Å². The molecule has 210 valence electrons. The van der Waals surface area contributed by atoms with Gasteiger partial charge in [0, 0.05) is 13.0 Å². The number of unbranched alkanes of at least 4 members (excludes halogenated alkanes) is 1. The summed E-state index contributed by atoms with van der Waals surface area (Å²) in [5.41, 5.74) is 2.12. The Morgan fingerprint density at radius 3 is 2.45 bits per heavy atom. The van der Waals surface area contributed by atoms with Crippen molar-refractivity contribution in [2.75, 3.05) is 17.2 Å². The molecule has 0 saturated heterocycles. The van der Waals surface area contributed by atoms with Crippen LogP contribution in [0.1, 0.15) is 34.7 Å². The zero-order chi connectivity index (χ0) is 28.4. The highest BCUT2D eigenvalue weighted by Gasteiger charge is 2.31. The summed E-state index contributed by atoms with van der Waals surface area (Å²) in [5.74, 6) is -0.338. The minimum Gasteiger partial charge on any atom is -0.406 e. The molecule has 0 spiro atoms. The van der Waals surface area contributed by atoms with Gasteiger partial charge < -0.3 is 15.4 Å². The van der Waals surface area contributed by atoms with Crippen LogP contribution in [0.15, 0.2) is 60.7 Å². The number of alkyl halides is 3. The lowest BCUT2D eigenvalue weighted by atomic mass is 10.1. The summed E-state index contributed by atoms with van der Waals surface area (Å²) in [6, 6.07) is 15.5. The van der Waals surface area contributed by atoms with Crippen molar-refractivity contribution in [2.45, 2.75) is 44.9 Å². The molecule has 0 unspecified atom stereocenters. The number of nitrogens with zero attached hydrogens (tertiary/aromatic N) is 4. The third-order valence-electron chi connectivity index (χ3n) is 5.61. The van der Waals surface area contributed by atoms with E-state index in [1.165, 1.54) is 41.7 Å². The Bertz CT molecular complexity index is 1400. The van der Waals surface area contributed by atoms with E-state index in [9.17, 15) is 22.4 Å². The van der Waals surface area contributed by atoms with Crippen molar-refractivity contribution >= 4 is 28.2 Å². The van der Waals surface area contributed by atoms with Crippen molar-refractivity contribution in [2.24, 2.45) is 0 Å². The van der Waals surface area contributed by atoms with Gasteiger partial charge in [-0.2, -0.15) is 5.10 Å². The summed E-state index contributed by atoms with van der Waals surface area (Å²) in [5, 5.41) is 23.5. The molecule has 0 radical (unpaired) electrons. The molecule has 2 aromatic heterocycles. The lowest BCUT2D eigenvalue weighted by molar-refractivity contribution is -0.274. The number of carbonyl (C=O) groups is 1. The molecular formula is C27H26F4N6O2S. The van der Waals surface area contributed by atoms with Gasteiger partial charge in [0.15, 0.2) is 0 Å². The number of aromatic nitrogens is 4. The fraction of sp³-hybridized carbons (Fsp3) is 0.296. The highest BCUT2D eigenvalue weighted by molar-refractivity contribution is 7.15. The summed E-state index contributed by atoms with van der Waals surface area (Å²) >= 11 is 1.31. The second-order valence-corrected chi connectivity index (χ2v) is 9.91. The number of benzene rings is 2. The summed E-state index contributed by atoms with van der Waals surface area (Å²) < 4.78 is 54.4. The van der Waals surface area contributed by atoms with Gasteiger partial charge in [0.1, 0.15) is 22.4 Å². The number of rotatable bonds is 13. The molecule has 4 aromatic rings. The number of anilines is 2. The third-order valence-corrected chi connectivity index (χ3v) is 6.51. The Kier molecular flexibility index (Phi) is 9.95. The van der Waals surface area contributed by atoms with E-state index < -0.39 is 6.36 Å². The van der Waals surface area contributed by atoms with Crippen molar-refractivity contribution in [3.63, 3.8) is 0 Å². The van der Waals surface area contributed by atoms with Crippen LogP contribution in [-0.4, -0.2) is 39.2 Å². The van der Waals surface area contributed by atoms with Crippen LogP contribution in [0.4, 0.5) is 28.5 Å². The first-order chi connectivity index (χ1) is 19.2. The number of nitrogens with one attached hydrogen (secondary N) is 2. The molecule has 40 heavy (non-hydrogen) atoms. The molecule has 0 aliphatic rings. The van der Waals surface area contributed by atoms with E-state index in [0.717, 1.165) is 30.0 Å². The first-order valence-electron chi connectivity index (χ1n) is 12.5. The fourth-order valence-corrected chi connectivity index (χ4v) is 4.60. The van der Waals surface area contributed by atoms with Gasteiger partial charge in [-0.1, -0.05) is 35.6 Å². The zero-order valence-electron chi connectivity index (χ0n) is 21.2. The molecule has 0 aliphatic heterocycles. The lowest BCUT2D eigenvalue weighted by Crippen LogP contribution is -2.17. The first kappa shape index (κ1) is 28.9. The Hall–Kier alpha value is -4.13. The normalized spacial score (nSPS) is 11.3. The van der Waals surface area contributed by atoms with Crippen LogP contribution >= 0.6 is 11.3 Å². The number of aryl methyl sites for hydroxylation is 2. The summed E-state index contributed by atoms with van der Waals surface area (Å²) in [7, 11) is 0. The Morgan fingerprint density at radius 1 is 0.875 bits per heavy atom. The average molecular weight is 575 g/mol. The van der Waals surface area contributed by atoms with E-state index in [-0.39, 0.29) is 23.9 Å². The quantitative estimate of drug-likeness (QED) is 0.155. The molecule has 0 saturated carbocycles. The summed E-state index contributed by atoms with van der Waals surface area (Å²) in [6.45, 7) is 0.471. The van der Waals surface area contributed by atoms with Gasteiger partial charge in [0.25, 0.3) is 0 Å². The highest BCUT2D eigenvalue weighted by atomic mass is 32.1. The number of halogens is 4. The first-order valence-corrected chi connectivity index (χ1v) is 13.3. The maximum Gasteiger partial charge on any atom is 0.573 e. The topological polar surface area (TPSA) is 102 Å². The van der Waals surface area contributed by atoms with Gasteiger partial charge in [0.05, 0.1) is 12.1 Å². The van der Waals surface area contributed by atoms with E-state index >= 15 is 0 Å². The minimum atomic E-state index is -4.72. The molecule has 2 heterocycles. The number of ether oxygens (including phenoxy) is 1. The Balaban J connectivity index is 1.13. The second kappa shape index (κ2) is 13.8. The van der Waals surface area contributed by atoms with E-state index in [0.29, 0.717) is 41.5 Å². The molecule has 1 amide bonds. The number of hydrogen-bond acceptors (Lipinski definition) is 8. The van der Waals surface area contributed by atoms with Crippen LogP contribution in [0.2, 0.25) is 0 Å². The monoisotopic (exact) mass is 574 g/mol. The predicted octanol–water partition coefficient (Wildman–Crippen LogP) is 5.77. The van der Waals surface area contributed by atoms with Crippen LogP contribution in [0.25, 0.3) is 0 Å². The molecule has 4 rings (SSSR count). The van der Waals surface area contributed by atoms with E-state index in [1.807, 2.05) is 12.1 Å². The van der Waals surface area contributed by atoms with Gasteiger partial charge >= 0.3 is 6.36 Å². The van der Waals surface area contributed by atoms with Gasteiger partial charge in [-0.15, -0.1) is 28.5 Å². The summed E-state index contributed by atoms with van der Waals surface area (Å²) in [6.07, 6.45) is -1.03. The molecule has 0 bridgehead atoms. The van der Waals surface area contributed by atoms with Crippen molar-refractivity contribution in [3.05, 3.63) is 88.3 Å². The largest absolute Gasteiger partial charge is 0.573 e.